The van der Waals surface area contributed by atoms with Gasteiger partial charge in [0.05, 0.1) is 11.2 Å². The minimum absolute atomic E-state index is 0.00937. The number of hydrogen-bond donors (Lipinski definition) is 0. The molecule has 5 unspecified atom stereocenters. The fourth-order valence-corrected chi connectivity index (χ4v) is 6.64. The SMILES string of the molecule is C=CC1C(C)(C)C(=O)C2CC1(C)C1[C@H]3OC(=O)/C(=C/C)[C@H]3OC21C. The summed E-state index contributed by atoms with van der Waals surface area (Å²) in [6, 6.07) is 0. The smallest absolute Gasteiger partial charge is 0.336 e. The minimum atomic E-state index is -0.578. The van der Waals surface area contributed by atoms with Gasteiger partial charge in [0.15, 0.2) is 0 Å². The maximum Gasteiger partial charge on any atom is 0.336 e. The summed E-state index contributed by atoms with van der Waals surface area (Å²) in [4.78, 5) is 25.4. The number of ether oxygens (including phenoxy) is 2. The molecule has 4 heteroatoms. The average molecular weight is 330 g/mol. The van der Waals surface area contributed by atoms with Crippen LogP contribution in [-0.2, 0) is 19.1 Å². The van der Waals surface area contributed by atoms with Gasteiger partial charge in [0.1, 0.15) is 18.0 Å². The Labute approximate surface area is 143 Å². The summed E-state index contributed by atoms with van der Waals surface area (Å²) >= 11 is 0. The molecule has 2 heterocycles. The Morgan fingerprint density at radius 2 is 1.88 bits per heavy atom. The summed E-state index contributed by atoms with van der Waals surface area (Å²) in [5.74, 6) is -0.129. The molecule has 7 atom stereocenters. The van der Waals surface area contributed by atoms with Gasteiger partial charge in [-0.15, -0.1) is 6.58 Å². The molecule has 4 rings (SSSR count). The van der Waals surface area contributed by atoms with E-state index in [1.807, 2.05) is 33.8 Å². The third-order valence-electron chi connectivity index (χ3n) is 7.44. The number of esters is 1. The molecular formula is C20H26O4. The molecule has 4 fully saturated rings. The van der Waals surface area contributed by atoms with Gasteiger partial charge < -0.3 is 9.47 Å². The van der Waals surface area contributed by atoms with Gasteiger partial charge in [-0.1, -0.05) is 32.9 Å². The van der Waals surface area contributed by atoms with E-state index in [9.17, 15) is 9.59 Å². The normalized spacial score (nSPS) is 53.0. The van der Waals surface area contributed by atoms with Crippen LogP contribution in [0.5, 0.6) is 0 Å². The van der Waals surface area contributed by atoms with E-state index in [1.165, 1.54) is 0 Å². The lowest BCUT2D eigenvalue weighted by molar-refractivity contribution is -0.148. The zero-order valence-corrected chi connectivity index (χ0v) is 15.1. The Morgan fingerprint density at radius 1 is 1.21 bits per heavy atom. The molecule has 4 nitrogen and oxygen atoms in total. The Balaban J connectivity index is 1.89. The van der Waals surface area contributed by atoms with Gasteiger partial charge in [0, 0.05) is 17.3 Å². The Kier molecular flexibility index (Phi) is 2.95. The van der Waals surface area contributed by atoms with Crippen molar-refractivity contribution in [2.75, 3.05) is 0 Å². The maximum atomic E-state index is 13.2. The third kappa shape index (κ3) is 1.50. The highest BCUT2D eigenvalue weighted by Gasteiger charge is 2.77. The third-order valence-corrected chi connectivity index (χ3v) is 7.44. The fraction of sp³-hybridized carbons (Fsp3) is 0.700. The molecule has 4 aliphatic rings. The Hall–Kier alpha value is -1.42. The van der Waals surface area contributed by atoms with Gasteiger partial charge in [0.2, 0.25) is 0 Å². The average Bonchev–Trinajstić information content (AvgIpc) is 3.00. The first-order chi connectivity index (χ1) is 11.1. The highest BCUT2D eigenvalue weighted by Crippen LogP contribution is 2.71. The molecule has 2 bridgehead atoms. The number of allylic oxidation sites excluding steroid dienone is 2. The first-order valence-corrected chi connectivity index (χ1v) is 8.84. The van der Waals surface area contributed by atoms with Crippen LogP contribution in [0.25, 0.3) is 0 Å². The largest absolute Gasteiger partial charge is 0.455 e. The number of carbonyl (C=O) groups excluding carboxylic acids is 2. The van der Waals surface area contributed by atoms with Gasteiger partial charge in [-0.05, 0) is 31.6 Å². The van der Waals surface area contributed by atoms with Crippen LogP contribution in [-0.4, -0.2) is 29.6 Å². The second-order valence-corrected chi connectivity index (χ2v) is 8.88. The molecule has 0 aromatic heterocycles. The summed E-state index contributed by atoms with van der Waals surface area (Å²) in [7, 11) is 0. The predicted molar refractivity (Wildman–Crippen MR) is 89.1 cm³/mol. The number of rotatable bonds is 1. The highest BCUT2D eigenvalue weighted by atomic mass is 16.6. The van der Waals surface area contributed by atoms with Crippen molar-refractivity contribution in [1.29, 1.82) is 0 Å². The number of ketones is 1. The Morgan fingerprint density at radius 3 is 2.46 bits per heavy atom. The van der Waals surface area contributed by atoms with Crippen molar-refractivity contribution in [3.8, 4) is 0 Å². The predicted octanol–water partition coefficient (Wildman–Crippen LogP) is 3.07. The Bertz CT molecular complexity index is 690. The molecule has 2 saturated heterocycles. The molecular weight excluding hydrogens is 304 g/mol. The lowest BCUT2D eigenvalue weighted by atomic mass is 9.54. The van der Waals surface area contributed by atoms with E-state index in [0.29, 0.717) is 5.57 Å². The van der Waals surface area contributed by atoms with Crippen LogP contribution in [0.3, 0.4) is 0 Å². The first kappa shape index (κ1) is 16.1. The molecule has 24 heavy (non-hydrogen) atoms. The van der Waals surface area contributed by atoms with Gasteiger partial charge >= 0.3 is 5.97 Å². The van der Waals surface area contributed by atoms with Crippen molar-refractivity contribution in [1.82, 2.24) is 0 Å². The van der Waals surface area contributed by atoms with Gasteiger partial charge in [-0.25, -0.2) is 4.79 Å². The molecule has 0 N–H and O–H groups in total. The zero-order valence-electron chi connectivity index (χ0n) is 15.1. The van der Waals surface area contributed by atoms with E-state index < -0.39 is 11.0 Å². The van der Waals surface area contributed by atoms with Gasteiger partial charge in [-0.3, -0.25) is 4.79 Å². The van der Waals surface area contributed by atoms with Crippen LogP contribution in [0.1, 0.15) is 41.0 Å². The van der Waals surface area contributed by atoms with Crippen LogP contribution in [0, 0.1) is 28.6 Å². The lowest BCUT2D eigenvalue weighted by Crippen LogP contribution is -2.50. The maximum absolute atomic E-state index is 13.2. The lowest BCUT2D eigenvalue weighted by Gasteiger charge is -2.48. The number of fused-ring (bicyclic) bond motifs is 7. The molecule has 0 amide bonds. The minimum Gasteiger partial charge on any atom is -0.455 e. The molecule has 2 saturated carbocycles. The molecule has 0 aromatic carbocycles. The van der Waals surface area contributed by atoms with E-state index in [4.69, 9.17) is 9.47 Å². The van der Waals surface area contributed by atoms with Gasteiger partial charge in [-0.2, -0.15) is 0 Å². The highest BCUT2D eigenvalue weighted by molar-refractivity contribution is 5.93. The van der Waals surface area contributed by atoms with E-state index in [0.717, 1.165) is 6.42 Å². The fourth-order valence-electron chi connectivity index (χ4n) is 6.64. The summed E-state index contributed by atoms with van der Waals surface area (Å²) in [5.41, 5.74) is -0.622. The van der Waals surface area contributed by atoms with Crippen molar-refractivity contribution < 1.29 is 19.1 Å². The van der Waals surface area contributed by atoms with Crippen molar-refractivity contribution in [2.45, 2.75) is 58.8 Å². The second kappa shape index (κ2) is 4.40. The van der Waals surface area contributed by atoms with Crippen LogP contribution >= 0.6 is 0 Å². The summed E-state index contributed by atoms with van der Waals surface area (Å²) in [5, 5.41) is 0. The van der Waals surface area contributed by atoms with E-state index in [2.05, 4.69) is 13.5 Å². The molecule has 0 aromatic rings. The molecule has 0 spiro atoms. The number of Topliss-reactive ketones (excluding diaryl/α,β-unsaturated/α-hetero) is 1. The number of hydrogen-bond acceptors (Lipinski definition) is 4. The second-order valence-electron chi connectivity index (χ2n) is 8.88. The monoisotopic (exact) mass is 330 g/mol. The summed E-state index contributed by atoms with van der Waals surface area (Å²) < 4.78 is 12.2. The van der Waals surface area contributed by atoms with Crippen molar-refractivity contribution in [3.63, 3.8) is 0 Å². The topological polar surface area (TPSA) is 52.6 Å². The zero-order chi connectivity index (χ0) is 17.7. The molecule has 2 aliphatic carbocycles. The van der Waals surface area contributed by atoms with Gasteiger partial charge in [0.25, 0.3) is 0 Å². The van der Waals surface area contributed by atoms with Crippen LogP contribution in [0.15, 0.2) is 24.3 Å². The van der Waals surface area contributed by atoms with E-state index in [1.54, 1.807) is 6.08 Å². The summed E-state index contributed by atoms with van der Waals surface area (Å²) in [6.07, 6.45) is 3.85. The van der Waals surface area contributed by atoms with Crippen LogP contribution in [0.2, 0.25) is 0 Å². The van der Waals surface area contributed by atoms with Crippen molar-refractivity contribution in [3.05, 3.63) is 24.3 Å². The van der Waals surface area contributed by atoms with Crippen molar-refractivity contribution in [2.24, 2.45) is 28.6 Å². The standard InChI is InChI=1S/C20H26O4/c1-7-10-13-14(23-17(10)22)15-19(5)9-11(20(15,6)24-13)16(21)18(3,4)12(19)8-2/h7-8,11-15H,2,9H2,1,3-6H3/b10-7+/t11?,12?,13-,14+,15?,19?,20?/m1/s1. The molecule has 130 valence electrons. The number of carbonyl (C=O) groups is 2. The quantitative estimate of drug-likeness (QED) is 0.421. The van der Waals surface area contributed by atoms with E-state index >= 15 is 0 Å². The molecule has 0 radical (unpaired) electrons. The first-order valence-electron chi connectivity index (χ1n) is 8.84. The summed E-state index contributed by atoms with van der Waals surface area (Å²) in [6.45, 7) is 14.2. The van der Waals surface area contributed by atoms with Crippen LogP contribution < -0.4 is 0 Å². The van der Waals surface area contributed by atoms with Crippen LogP contribution in [0.4, 0.5) is 0 Å². The van der Waals surface area contributed by atoms with Crippen molar-refractivity contribution >= 4 is 11.8 Å². The molecule has 2 aliphatic heterocycles. The van der Waals surface area contributed by atoms with E-state index in [-0.39, 0.29) is 47.1 Å².